The second-order valence-corrected chi connectivity index (χ2v) is 11.5. The average molecular weight is 559 g/mol. The molecule has 0 amide bonds. The van der Waals surface area contributed by atoms with Crippen molar-refractivity contribution in [3.05, 3.63) is 67.1 Å². The number of nitrogens with one attached hydrogen (secondary N) is 3. The highest BCUT2D eigenvalue weighted by molar-refractivity contribution is 7.92. The molecule has 0 aliphatic heterocycles. The second-order valence-electron chi connectivity index (χ2n) is 9.86. The van der Waals surface area contributed by atoms with Gasteiger partial charge in [-0.05, 0) is 50.8 Å². The lowest BCUT2D eigenvalue weighted by molar-refractivity contribution is 0.126. The molecule has 12 heteroatoms. The average Bonchev–Trinajstić information content (AvgIpc) is 3.39. The minimum atomic E-state index is -3.89. The summed E-state index contributed by atoms with van der Waals surface area (Å²) >= 11 is 0. The molecule has 3 aromatic heterocycles. The van der Waals surface area contributed by atoms with E-state index < -0.39 is 10.0 Å². The summed E-state index contributed by atoms with van der Waals surface area (Å²) in [4.78, 5) is 18.8. The van der Waals surface area contributed by atoms with E-state index in [2.05, 4.69) is 25.3 Å². The predicted molar refractivity (Wildman–Crippen MR) is 155 cm³/mol. The number of sulfonamides is 1. The minimum Gasteiger partial charge on any atom is -0.393 e. The lowest BCUT2D eigenvalue weighted by Gasteiger charge is -2.26. The normalized spacial score (nSPS) is 17.6. The number of nitrogens with zero attached hydrogens (tertiary/aromatic N) is 5. The number of pyridine rings is 1. The quantitative estimate of drug-likeness (QED) is 0.214. The number of anilines is 4. The molecule has 0 saturated heterocycles. The fourth-order valence-corrected chi connectivity index (χ4v) is 6.08. The van der Waals surface area contributed by atoms with Crippen LogP contribution in [0.4, 0.5) is 23.1 Å². The van der Waals surface area contributed by atoms with Crippen LogP contribution >= 0.6 is 0 Å². The topological polar surface area (TPSA) is 147 Å². The first kappa shape index (κ1) is 26.0. The molecule has 0 unspecified atom stereocenters. The molecule has 1 aliphatic rings. The van der Waals surface area contributed by atoms with E-state index in [1.807, 2.05) is 35.8 Å². The molecule has 0 radical (unpaired) electrons. The van der Waals surface area contributed by atoms with E-state index in [9.17, 15) is 13.5 Å². The van der Waals surface area contributed by atoms with Crippen LogP contribution < -0.4 is 15.4 Å². The summed E-state index contributed by atoms with van der Waals surface area (Å²) in [7, 11) is -3.89. The zero-order valence-electron chi connectivity index (χ0n) is 21.9. The van der Waals surface area contributed by atoms with Gasteiger partial charge in [0.15, 0.2) is 17.0 Å². The molecule has 0 bridgehead atoms. The van der Waals surface area contributed by atoms with E-state index in [1.54, 1.807) is 24.5 Å². The number of hydrogen-bond acceptors (Lipinski definition) is 9. The van der Waals surface area contributed by atoms with Gasteiger partial charge in [-0.25, -0.2) is 13.4 Å². The third kappa shape index (κ3) is 5.15. The third-order valence-corrected chi connectivity index (χ3v) is 8.53. The lowest BCUT2D eigenvalue weighted by atomic mass is 9.93. The van der Waals surface area contributed by atoms with Gasteiger partial charge in [-0.3, -0.25) is 9.71 Å². The highest BCUT2D eigenvalue weighted by Crippen LogP contribution is 2.35. The number of para-hydroxylation sites is 1. The fraction of sp³-hybridized carbons (Fsp3) is 0.286. The van der Waals surface area contributed by atoms with Crippen molar-refractivity contribution >= 4 is 55.2 Å². The maximum Gasteiger partial charge on any atom is 0.262 e. The number of aromatic nitrogens is 5. The summed E-state index contributed by atoms with van der Waals surface area (Å²) in [6.07, 6.45) is 6.04. The first-order valence-corrected chi connectivity index (χ1v) is 14.8. The van der Waals surface area contributed by atoms with Gasteiger partial charge in [0.05, 0.1) is 40.4 Å². The van der Waals surface area contributed by atoms with Crippen LogP contribution in [0.25, 0.3) is 22.1 Å². The molecular formula is C28H30N8O3S. The smallest absolute Gasteiger partial charge is 0.262 e. The Kier molecular flexibility index (Phi) is 6.95. The molecule has 11 nitrogen and oxygen atoms in total. The Morgan fingerprint density at radius 1 is 0.975 bits per heavy atom. The maximum atomic E-state index is 13.3. The van der Waals surface area contributed by atoms with E-state index >= 15 is 0 Å². The number of rotatable bonds is 8. The molecule has 1 aliphatic carbocycles. The van der Waals surface area contributed by atoms with Crippen molar-refractivity contribution in [2.75, 3.05) is 15.4 Å². The molecular weight excluding hydrogens is 528 g/mol. The monoisotopic (exact) mass is 558 g/mol. The number of hydrogen-bond donors (Lipinski definition) is 4. The van der Waals surface area contributed by atoms with Crippen LogP contribution in [0.2, 0.25) is 0 Å². The van der Waals surface area contributed by atoms with Crippen LogP contribution in [0.15, 0.2) is 72.0 Å². The Morgan fingerprint density at radius 3 is 2.50 bits per heavy atom. The molecule has 1 saturated carbocycles. The van der Waals surface area contributed by atoms with Gasteiger partial charge in [0.25, 0.3) is 10.0 Å². The second kappa shape index (κ2) is 10.7. The summed E-state index contributed by atoms with van der Waals surface area (Å²) in [5.74, 6) is 0.878. The lowest BCUT2D eigenvalue weighted by Crippen LogP contribution is -2.29. The van der Waals surface area contributed by atoms with Crippen LogP contribution in [0.1, 0.15) is 32.6 Å². The van der Waals surface area contributed by atoms with Crippen LogP contribution in [-0.2, 0) is 16.6 Å². The van der Waals surface area contributed by atoms with Gasteiger partial charge in [-0.2, -0.15) is 9.97 Å². The highest BCUT2D eigenvalue weighted by Gasteiger charge is 2.23. The van der Waals surface area contributed by atoms with Gasteiger partial charge < -0.3 is 20.3 Å². The molecule has 2 aromatic carbocycles. The van der Waals surface area contributed by atoms with Crippen molar-refractivity contribution in [2.45, 2.75) is 56.2 Å². The molecule has 0 spiro atoms. The van der Waals surface area contributed by atoms with E-state index in [0.29, 0.717) is 46.1 Å². The minimum absolute atomic E-state index is 0.140. The van der Waals surface area contributed by atoms with Crippen molar-refractivity contribution in [3.8, 4) is 0 Å². The van der Waals surface area contributed by atoms with Crippen LogP contribution in [0, 0.1) is 0 Å². The zero-order valence-corrected chi connectivity index (χ0v) is 22.8. The summed E-state index contributed by atoms with van der Waals surface area (Å²) in [6.45, 7) is 2.68. The summed E-state index contributed by atoms with van der Waals surface area (Å²) in [6, 6.07) is 15.8. The maximum absolute atomic E-state index is 13.3. The molecule has 5 aromatic rings. The van der Waals surface area contributed by atoms with Crippen molar-refractivity contribution < 1.29 is 13.5 Å². The number of fused-ring (bicyclic) bond motifs is 2. The molecule has 6 rings (SSSR count). The van der Waals surface area contributed by atoms with Gasteiger partial charge in [0.2, 0.25) is 5.95 Å². The summed E-state index contributed by atoms with van der Waals surface area (Å²) < 4.78 is 31.2. The Hall–Kier alpha value is -4.29. The van der Waals surface area contributed by atoms with E-state index in [-0.39, 0.29) is 22.7 Å². The molecule has 40 heavy (non-hydrogen) atoms. The largest absolute Gasteiger partial charge is 0.393 e. The number of aryl methyl sites for hydroxylation is 1. The first-order chi connectivity index (χ1) is 19.4. The predicted octanol–water partition coefficient (Wildman–Crippen LogP) is 4.65. The third-order valence-electron chi connectivity index (χ3n) is 7.15. The van der Waals surface area contributed by atoms with E-state index in [0.717, 1.165) is 25.7 Å². The van der Waals surface area contributed by atoms with Crippen molar-refractivity contribution in [1.82, 2.24) is 24.5 Å². The Balaban J connectivity index is 1.44. The van der Waals surface area contributed by atoms with Gasteiger partial charge in [0, 0.05) is 18.0 Å². The van der Waals surface area contributed by atoms with E-state index in [1.165, 1.54) is 18.3 Å². The Morgan fingerprint density at radius 2 is 1.73 bits per heavy atom. The first-order valence-electron chi connectivity index (χ1n) is 13.3. The van der Waals surface area contributed by atoms with Crippen LogP contribution in [-0.4, -0.2) is 50.2 Å². The molecule has 4 N–H and O–H groups in total. The van der Waals surface area contributed by atoms with Crippen molar-refractivity contribution in [3.63, 3.8) is 0 Å². The standard InChI is InChI=1S/C28H30N8O3S/c1-2-36-17-30-25-26(33-28(34-27(25)36)31-18-12-14-19(37)15-13-18)32-24-21-10-6-7-11-22(21)29-16-23(24)35-40(38,39)20-8-4-3-5-9-20/h3-11,16-19,35,37H,2,12-15H2,1H3,(H2,29,31,32,33,34). The van der Waals surface area contributed by atoms with Crippen molar-refractivity contribution in [2.24, 2.45) is 0 Å². The zero-order chi connectivity index (χ0) is 27.7. The Labute approximate surface area is 231 Å². The summed E-state index contributed by atoms with van der Waals surface area (Å²) in [5, 5.41) is 17.4. The Bertz CT molecular complexity index is 1770. The number of imidazole rings is 1. The van der Waals surface area contributed by atoms with Crippen LogP contribution in [0.3, 0.4) is 0 Å². The molecule has 3 heterocycles. The molecule has 0 atom stereocenters. The van der Waals surface area contributed by atoms with Gasteiger partial charge in [0.1, 0.15) is 0 Å². The number of aliphatic hydroxyl groups excluding tert-OH is 1. The SMILES string of the molecule is CCn1cnc2c(Nc3c(NS(=O)(=O)c4ccccc4)cnc4ccccc34)nc(NC3CCC(O)CC3)nc21. The van der Waals surface area contributed by atoms with Crippen LogP contribution in [0.5, 0.6) is 0 Å². The molecule has 1 fully saturated rings. The van der Waals surface area contributed by atoms with Gasteiger partial charge >= 0.3 is 0 Å². The molecule has 206 valence electrons. The van der Waals surface area contributed by atoms with E-state index in [4.69, 9.17) is 9.97 Å². The number of benzene rings is 2. The van der Waals surface area contributed by atoms with Gasteiger partial charge in [-0.1, -0.05) is 36.4 Å². The van der Waals surface area contributed by atoms with Crippen molar-refractivity contribution in [1.29, 1.82) is 0 Å². The number of aliphatic hydroxyl groups is 1. The van der Waals surface area contributed by atoms with Gasteiger partial charge in [-0.15, -0.1) is 0 Å². The fourth-order valence-electron chi connectivity index (χ4n) is 5.01. The summed E-state index contributed by atoms with van der Waals surface area (Å²) in [5.41, 5.74) is 2.69. The highest BCUT2D eigenvalue weighted by atomic mass is 32.2.